The molecule has 3 atom stereocenters. The third-order valence-electron chi connectivity index (χ3n) is 7.17. The summed E-state index contributed by atoms with van der Waals surface area (Å²) >= 11 is 0. The lowest BCUT2D eigenvalue weighted by Crippen LogP contribution is -2.28. The fourth-order valence-corrected chi connectivity index (χ4v) is 5.34. The molecule has 1 aromatic carbocycles. The van der Waals surface area contributed by atoms with Gasteiger partial charge in [-0.1, -0.05) is 18.2 Å². The maximum absolute atomic E-state index is 10.5. The number of anilines is 1. The van der Waals surface area contributed by atoms with Crippen molar-refractivity contribution in [3.8, 4) is 23.3 Å². The van der Waals surface area contributed by atoms with Crippen molar-refractivity contribution >= 4 is 11.3 Å². The van der Waals surface area contributed by atoms with Crippen LogP contribution in [-0.2, 0) is 6.54 Å². The summed E-state index contributed by atoms with van der Waals surface area (Å²) in [6.45, 7) is 3.01. The van der Waals surface area contributed by atoms with Gasteiger partial charge in [-0.05, 0) is 54.4 Å². The average Bonchev–Trinajstić information content (AvgIpc) is 3.57. The number of aliphatic hydroxyl groups excluding tert-OH is 1. The Balaban J connectivity index is 1.36. The van der Waals surface area contributed by atoms with Crippen LogP contribution in [0.5, 0.6) is 0 Å². The topological polar surface area (TPSA) is 94.9 Å². The van der Waals surface area contributed by atoms with Gasteiger partial charge in [0, 0.05) is 44.0 Å². The molecule has 2 N–H and O–H groups in total. The molecular weight excluding hydrogens is 426 g/mol. The highest BCUT2D eigenvalue weighted by molar-refractivity contribution is 5.78. The van der Waals surface area contributed by atoms with Crippen LogP contribution in [0.15, 0.2) is 55.0 Å². The lowest BCUT2D eigenvalue weighted by Gasteiger charge is -2.20. The van der Waals surface area contributed by atoms with Crippen LogP contribution in [0.4, 0.5) is 5.69 Å². The Labute approximate surface area is 198 Å². The molecule has 172 valence electrons. The van der Waals surface area contributed by atoms with Crippen LogP contribution in [0.25, 0.3) is 22.8 Å². The molecule has 4 heterocycles. The van der Waals surface area contributed by atoms with Crippen LogP contribution in [0.1, 0.15) is 17.5 Å². The molecule has 1 fully saturated rings. The molecule has 0 amide bonds. The molecule has 0 saturated carbocycles. The Bertz CT molecular complexity index is 1340. The highest BCUT2D eigenvalue weighted by atomic mass is 16.3. The number of β-amino-alcohol motifs (C(OH)–C–C–N with tert-alkyl or cyclic N) is 1. The summed E-state index contributed by atoms with van der Waals surface area (Å²) in [5.74, 6) is 0.998. The molecule has 0 radical (unpaired) electrons. The summed E-state index contributed by atoms with van der Waals surface area (Å²) in [5, 5.41) is 31.5. The number of nitriles is 1. The molecule has 8 heteroatoms. The Morgan fingerprint density at radius 1 is 1.26 bits per heavy atom. The maximum Gasteiger partial charge on any atom is 0.185 e. The zero-order chi connectivity index (χ0) is 23.2. The third-order valence-corrected chi connectivity index (χ3v) is 7.17. The van der Waals surface area contributed by atoms with Gasteiger partial charge >= 0.3 is 0 Å². The molecule has 8 nitrogen and oxygen atoms in total. The minimum Gasteiger partial charge on any atom is -0.391 e. The molecule has 3 aromatic rings. The van der Waals surface area contributed by atoms with Crippen molar-refractivity contribution in [2.75, 3.05) is 31.6 Å². The number of nitrogens with one attached hydrogen (secondary N) is 1. The molecule has 1 aliphatic carbocycles. The molecule has 3 aliphatic rings. The minimum absolute atomic E-state index is 0.0469. The van der Waals surface area contributed by atoms with E-state index in [0.717, 1.165) is 60.1 Å². The van der Waals surface area contributed by atoms with E-state index < -0.39 is 0 Å². The largest absolute Gasteiger partial charge is 0.391 e. The second-order valence-corrected chi connectivity index (χ2v) is 9.36. The van der Waals surface area contributed by atoms with Gasteiger partial charge in [0.15, 0.2) is 5.82 Å². The number of allylic oxidation sites excluding steroid dienone is 4. The van der Waals surface area contributed by atoms with Gasteiger partial charge < -0.3 is 19.9 Å². The van der Waals surface area contributed by atoms with Crippen molar-refractivity contribution in [1.29, 1.82) is 5.26 Å². The molecule has 0 bridgehead atoms. The van der Waals surface area contributed by atoms with Crippen molar-refractivity contribution in [3.63, 3.8) is 0 Å². The highest BCUT2D eigenvalue weighted by Gasteiger charge is 2.31. The third kappa shape index (κ3) is 3.45. The molecule has 0 spiro atoms. The van der Waals surface area contributed by atoms with Gasteiger partial charge in [-0.25, -0.2) is 0 Å². The molecule has 34 heavy (non-hydrogen) atoms. The summed E-state index contributed by atoms with van der Waals surface area (Å²) in [4.78, 5) is 2.27. The van der Waals surface area contributed by atoms with Gasteiger partial charge in [-0.3, -0.25) is 4.57 Å². The predicted molar refractivity (Wildman–Crippen MR) is 130 cm³/mol. The fraction of sp³-hybridized carbons (Fsp3) is 0.346. The van der Waals surface area contributed by atoms with Crippen molar-refractivity contribution in [2.24, 2.45) is 11.8 Å². The normalized spacial score (nSPS) is 23.0. The van der Waals surface area contributed by atoms with E-state index in [4.69, 9.17) is 0 Å². The van der Waals surface area contributed by atoms with E-state index in [1.165, 1.54) is 5.56 Å². The second kappa shape index (κ2) is 8.28. The van der Waals surface area contributed by atoms with E-state index in [0.29, 0.717) is 6.54 Å². The number of fused-ring (bicyclic) bond motifs is 5. The van der Waals surface area contributed by atoms with Crippen molar-refractivity contribution in [3.05, 3.63) is 66.1 Å². The Morgan fingerprint density at radius 2 is 2.18 bits per heavy atom. The van der Waals surface area contributed by atoms with Crippen LogP contribution >= 0.6 is 0 Å². The number of hydrogen-bond donors (Lipinski definition) is 2. The van der Waals surface area contributed by atoms with Crippen LogP contribution in [0.3, 0.4) is 0 Å². The van der Waals surface area contributed by atoms with Crippen LogP contribution in [-0.4, -0.2) is 57.2 Å². The predicted octanol–water partition coefficient (Wildman–Crippen LogP) is 2.60. The quantitative estimate of drug-likeness (QED) is 0.493. The number of aliphatic hydroxyl groups is 1. The Morgan fingerprint density at radius 3 is 2.97 bits per heavy atom. The summed E-state index contributed by atoms with van der Waals surface area (Å²) < 4.78 is 4.29. The van der Waals surface area contributed by atoms with Crippen molar-refractivity contribution in [1.82, 2.24) is 24.6 Å². The SMILES string of the molecule is CNC[C@H]1CN(c2ccc3c(c2)Cn2cc(C4=CCC(C#N)C=C4)cc2-c2nncn2-3)C[C@H]1O. The van der Waals surface area contributed by atoms with E-state index in [2.05, 4.69) is 72.2 Å². The van der Waals surface area contributed by atoms with Gasteiger partial charge in [-0.15, -0.1) is 10.2 Å². The molecule has 1 saturated heterocycles. The first-order valence-corrected chi connectivity index (χ1v) is 11.7. The van der Waals surface area contributed by atoms with E-state index in [1.807, 2.05) is 19.2 Å². The molecule has 2 aromatic heterocycles. The second-order valence-electron chi connectivity index (χ2n) is 9.36. The van der Waals surface area contributed by atoms with E-state index in [1.54, 1.807) is 6.33 Å². The first-order chi connectivity index (χ1) is 16.6. The molecule has 1 unspecified atom stereocenters. The highest BCUT2D eigenvalue weighted by Crippen LogP contribution is 2.35. The van der Waals surface area contributed by atoms with E-state index >= 15 is 0 Å². The van der Waals surface area contributed by atoms with E-state index in [-0.39, 0.29) is 17.9 Å². The minimum atomic E-state index is -0.327. The van der Waals surface area contributed by atoms with Gasteiger partial charge in [0.25, 0.3) is 0 Å². The Kier molecular flexibility index (Phi) is 5.09. The van der Waals surface area contributed by atoms with Gasteiger partial charge in [0.2, 0.25) is 0 Å². The maximum atomic E-state index is 10.5. The number of rotatable bonds is 4. The van der Waals surface area contributed by atoms with Crippen molar-refractivity contribution in [2.45, 2.75) is 19.1 Å². The summed E-state index contributed by atoms with van der Waals surface area (Å²) in [5.41, 5.74) is 6.66. The average molecular weight is 454 g/mol. The number of hydrogen-bond acceptors (Lipinski definition) is 6. The van der Waals surface area contributed by atoms with Gasteiger partial charge in [-0.2, -0.15) is 5.26 Å². The zero-order valence-corrected chi connectivity index (χ0v) is 19.1. The summed E-state index contributed by atoms with van der Waals surface area (Å²) in [7, 11) is 1.93. The van der Waals surface area contributed by atoms with Crippen LogP contribution < -0.4 is 10.2 Å². The lowest BCUT2D eigenvalue weighted by molar-refractivity contribution is 0.148. The zero-order valence-electron chi connectivity index (χ0n) is 19.1. The first-order valence-electron chi connectivity index (χ1n) is 11.7. The Hall–Kier alpha value is -3.67. The van der Waals surface area contributed by atoms with E-state index in [9.17, 15) is 10.4 Å². The van der Waals surface area contributed by atoms with Crippen molar-refractivity contribution < 1.29 is 5.11 Å². The standard InChI is InChI=1S/C26H27N7O/c1-28-11-21-14-31(15-25(21)34)22-6-7-23-20(8-22)13-32-12-19(18-4-2-17(10-27)3-5-18)9-24(32)26-30-29-16-33(23)26/h2,4-9,12,16-17,21,25,28,34H,3,11,13-15H2,1H3/t17?,21-,25+/m0/s1. The summed E-state index contributed by atoms with van der Waals surface area (Å²) in [6, 6.07) is 11.0. The van der Waals surface area contributed by atoms with Crippen LogP contribution in [0.2, 0.25) is 0 Å². The number of aromatic nitrogens is 4. The molecule has 6 rings (SSSR count). The number of benzene rings is 1. The monoisotopic (exact) mass is 453 g/mol. The molecule has 2 aliphatic heterocycles. The van der Waals surface area contributed by atoms with Crippen LogP contribution in [0, 0.1) is 23.2 Å². The summed E-state index contributed by atoms with van der Waals surface area (Å²) in [6.07, 6.45) is 10.5. The van der Waals surface area contributed by atoms with Gasteiger partial charge in [0.1, 0.15) is 6.33 Å². The number of nitrogens with zero attached hydrogens (tertiary/aromatic N) is 6. The smallest absolute Gasteiger partial charge is 0.185 e. The lowest BCUT2D eigenvalue weighted by atomic mass is 9.95. The molecular formula is C26H27N7O. The first kappa shape index (κ1) is 20.9. The fourth-order valence-electron chi connectivity index (χ4n) is 5.34. The van der Waals surface area contributed by atoms with Gasteiger partial charge in [0.05, 0.1) is 29.5 Å².